The molecule has 2 aromatic carbocycles. The number of piperidine rings is 1. The molecule has 6 nitrogen and oxygen atoms in total. The Labute approximate surface area is 209 Å². The van der Waals surface area contributed by atoms with E-state index in [1.165, 1.54) is 16.8 Å². The zero-order valence-electron chi connectivity index (χ0n) is 21.9. The highest BCUT2D eigenvalue weighted by Crippen LogP contribution is 2.52. The topological polar surface area (TPSA) is 51.2 Å². The van der Waals surface area contributed by atoms with Crippen LogP contribution in [0.1, 0.15) is 70.4 Å². The standard InChI is InChI=1S/C29H38N2O4/c1-18(2)19-8-9-25(33-6)21(14-19)20-15-22-23-17-30(28(32)35-29(3,4)5)12-10-24(23)31-11-7-13-34-26(16-20)27(22)31/h8-9,14-16,18,23-24H,7,10-13,17H2,1-6H3/t23-,24-/m0/s1. The smallest absolute Gasteiger partial charge is 0.410 e. The van der Waals surface area contributed by atoms with Gasteiger partial charge >= 0.3 is 6.09 Å². The molecule has 1 saturated heterocycles. The number of fused-ring (bicyclic) bond motifs is 3. The third kappa shape index (κ3) is 4.43. The Balaban J connectivity index is 1.57. The predicted octanol–water partition coefficient (Wildman–Crippen LogP) is 6.18. The second-order valence-electron chi connectivity index (χ2n) is 11.3. The second-order valence-corrected chi connectivity index (χ2v) is 11.3. The number of nitrogens with zero attached hydrogens (tertiary/aromatic N) is 2. The maximum atomic E-state index is 12.9. The van der Waals surface area contributed by atoms with Gasteiger partial charge < -0.3 is 24.0 Å². The van der Waals surface area contributed by atoms with E-state index < -0.39 is 5.60 Å². The summed E-state index contributed by atoms with van der Waals surface area (Å²) in [6, 6.07) is 11.3. The first-order valence-corrected chi connectivity index (χ1v) is 12.9. The minimum absolute atomic E-state index is 0.220. The Morgan fingerprint density at radius 1 is 1.14 bits per heavy atom. The first-order valence-electron chi connectivity index (χ1n) is 12.9. The normalized spacial score (nSPS) is 21.2. The fourth-order valence-electron chi connectivity index (χ4n) is 5.77. The molecule has 2 aromatic rings. The Bertz CT molecular complexity index is 1120. The zero-order chi connectivity index (χ0) is 24.9. The van der Waals surface area contributed by atoms with Crippen LogP contribution in [0, 0.1) is 0 Å². The predicted molar refractivity (Wildman–Crippen MR) is 139 cm³/mol. The largest absolute Gasteiger partial charge is 0.496 e. The van der Waals surface area contributed by atoms with E-state index in [4.69, 9.17) is 14.2 Å². The van der Waals surface area contributed by atoms with E-state index in [9.17, 15) is 4.79 Å². The lowest BCUT2D eigenvalue weighted by atomic mass is 9.87. The number of rotatable bonds is 3. The third-order valence-corrected chi connectivity index (χ3v) is 7.42. The summed E-state index contributed by atoms with van der Waals surface area (Å²) in [6.45, 7) is 13.3. The van der Waals surface area contributed by atoms with Crippen molar-refractivity contribution in [2.75, 3.05) is 38.3 Å². The van der Waals surface area contributed by atoms with E-state index in [1.54, 1.807) is 7.11 Å². The Kier molecular flexibility index (Phi) is 6.10. The van der Waals surface area contributed by atoms with Gasteiger partial charge in [-0.2, -0.15) is 0 Å². The molecule has 0 N–H and O–H groups in total. The van der Waals surface area contributed by atoms with Gasteiger partial charge in [-0.15, -0.1) is 0 Å². The van der Waals surface area contributed by atoms with Gasteiger partial charge in [0, 0.05) is 37.2 Å². The molecule has 0 saturated carbocycles. The van der Waals surface area contributed by atoms with Gasteiger partial charge in [0.25, 0.3) is 0 Å². The molecule has 6 heteroatoms. The Hall–Kier alpha value is -2.89. The molecule has 0 unspecified atom stereocenters. The Morgan fingerprint density at radius 3 is 2.66 bits per heavy atom. The molecule has 0 aromatic heterocycles. The third-order valence-electron chi connectivity index (χ3n) is 7.42. The van der Waals surface area contributed by atoms with Gasteiger partial charge in [-0.3, -0.25) is 0 Å². The van der Waals surface area contributed by atoms with Crippen molar-refractivity contribution in [2.45, 2.75) is 70.9 Å². The molecule has 3 aliphatic heterocycles. The highest BCUT2D eigenvalue weighted by molar-refractivity contribution is 5.81. The van der Waals surface area contributed by atoms with Crippen LogP contribution in [-0.4, -0.2) is 56.0 Å². The van der Waals surface area contributed by atoms with E-state index >= 15 is 0 Å². The minimum Gasteiger partial charge on any atom is -0.496 e. The number of ether oxygens (including phenoxy) is 3. The van der Waals surface area contributed by atoms with Crippen LogP contribution in [0.25, 0.3) is 11.1 Å². The zero-order valence-corrected chi connectivity index (χ0v) is 21.9. The van der Waals surface area contributed by atoms with Crippen molar-refractivity contribution in [3.8, 4) is 22.6 Å². The van der Waals surface area contributed by atoms with Crippen LogP contribution in [0.15, 0.2) is 30.3 Å². The number of likely N-dealkylation sites (tertiary alicyclic amines) is 1. The lowest BCUT2D eigenvalue weighted by molar-refractivity contribution is 0.0189. The summed E-state index contributed by atoms with van der Waals surface area (Å²) in [5.41, 5.74) is 5.46. The van der Waals surface area contributed by atoms with Gasteiger partial charge in [0.15, 0.2) is 0 Å². The number of benzene rings is 2. The monoisotopic (exact) mass is 478 g/mol. The van der Waals surface area contributed by atoms with Crippen molar-refractivity contribution in [3.05, 3.63) is 41.5 Å². The lowest BCUT2D eigenvalue weighted by Crippen LogP contribution is -2.49. The van der Waals surface area contributed by atoms with Crippen molar-refractivity contribution in [3.63, 3.8) is 0 Å². The van der Waals surface area contributed by atoms with E-state index in [1.807, 2.05) is 25.7 Å². The van der Waals surface area contributed by atoms with Gasteiger partial charge in [-0.05, 0) is 80.5 Å². The molecule has 0 radical (unpaired) electrons. The summed E-state index contributed by atoms with van der Waals surface area (Å²) in [4.78, 5) is 17.4. The number of carbonyl (C=O) groups excluding carboxylic acids is 1. The molecule has 2 atom stereocenters. The van der Waals surface area contributed by atoms with Crippen LogP contribution in [0.4, 0.5) is 10.5 Å². The molecule has 3 aliphatic rings. The van der Waals surface area contributed by atoms with Crippen LogP contribution in [0.5, 0.6) is 11.5 Å². The fourth-order valence-corrected chi connectivity index (χ4v) is 5.77. The van der Waals surface area contributed by atoms with Crippen LogP contribution >= 0.6 is 0 Å². The van der Waals surface area contributed by atoms with Crippen molar-refractivity contribution < 1.29 is 19.0 Å². The van der Waals surface area contributed by atoms with Gasteiger partial charge in [0.05, 0.1) is 19.4 Å². The van der Waals surface area contributed by atoms with Crippen LogP contribution in [-0.2, 0) is 4.74 Å². The summed E-state index contributed by atoms with van der Waals surface area (Å²) < 4.78 is 17.8. The van der Waals surface area contributed by atoms with Crippen molar-refractivity contribution in [1.82, 2.24) is 4.90 Å². The summed E-state index contributed by atoms with van der Waals surface area (Å²) in [6.07, 6.45) is 1.70. The molecule has 0 spiro atoms. The summed E-state index contributed by atoms with van der Waals surface area (Å²) >= 11 is 0. The van der Waals surface area contributed by atoms with Gasteiger partial charge in [0.2, 0.25) is 0 Å². The molecule has 35 heavy (non-hydrogen) atoms. The molecular formula is C29H38N2O4. The van der Waals surface area contributed by atoms with Crippen LogP contribution in [0.2, 0.25) is 0 Å². The first-order chi connectivity index (χ1) is 16.7. The summed E-state index contributed by atoms with van der Waals surface area (Å²) in [5, 5.41) is 0. The van der Waals surface area contributed by atoms with E-state index in [2.05, 4.69) is 49.1 Å². The molecular weight excluding hydrogens is 440 g/mol. The maximum absolute atomic E-state index is 12.9. The van der Waals surface area contributed by atoms with Gasteiger partial charge in [0.1, 0.15) is 17.1 Å². The molecule has 5 rings (SSSR count). The highest BCUT2D eigenvalue weighted by atomic mass is 16.6. The number of amides is 1. The highest BCUT2D eigenvalue weighted by Gasteiger charge is 2.45. The van der Waals surface area contributed by atoms with Crippen LogP contribution < -0.4 is 14.4 Å². The lowest BCUT2D eigenvalue weighted by Gasteiger charge is -2.39. The summed E-state index contributed by atoms with van der Waals surface area (Å²) in [5.74, 6) is 2.46. The number of anilines is 1. The number of methoxy groups -OCH3 is 1. The maximum Gasteiger partial charge on any atom is 0.410 e. The van der Waals surface area contributed by atoms with E-state index in [0.29, 0.717) is 25.0 Å². The average Bonchev–Trinajstić information content (AvgIpc) is 2.96. The molecule has 0 bridgehead atoms. The van der Waals surface area contributed by atoms with Crippen LogP contribution in [0.3, 0.4) is 0 Å². The SMILES string of the molecule is COc1ccc(C(C)C)cc1-c1cc2c3c(c1)[C@@H]1CN(C(=O)OC(C)(C)C)CC[C@@H]1N3CCCO2. The van der Waals surface area contributed by atoms with E-state index in [-0.39, 0.29) is 12.0 Å². The van der Waals surface area contributed by atoms with Crippen molar-refractivity contribution in [1.29, 1.82) is 0 Å². The molecule has 3 heterocycles. The van der Waals surface area contributed by atoms with Gasteiger partial charge in [-0.1, -0.05) is 19.9 Å². The first kappa shape index (κ1) is 23.8. The van der Waals surface area contributed by atoms with Crippen molar-refractivity contribution in [2.24, 2.45) is 0 Å². The van der Waals surface area contributed by atoms with Crippen molar-refractivity contribution >= 4 is 11.8 Å². The average molecular weight is 479 g/mol. The molecule has 188 valence electrons. The second kappa shape index (κ2) is 8.96. The fraction of sp³-hybridized carbons (Fsp3) is 0.552. The number of hydrogen-bond donors (Lipinski definition) is 0. The molecule has 0 aliphatic carbocycles. The van der Waals surface area contributed by atoms with E-state index in [0.717, 1.165) is 48.6 Å². The minimum atomic E-state index is -0.499. The number of carbonyl (C=O) groups is 1. The molecule has 1 amide bonds. The number of hydrogen-bond acceptors (Lipinski definition) is 5. The molecule has 1 fully saturated rings. The summed E-state index contributed by atoms with van der Waals surface area (Å²) in [7, 11) is 1.73. The Morgan fingerprint density at radius 2 is 1.94 bits per heavy atom. The quantitative estimate of drug-likeness (QED) is 0.527. The van der Waals surface area contributed by atoms with Gasteiger partial charge in [-0.25, -0.2) is 4.79 Å².